The lowest BCUT2D eigenvalue weighted by Gasteiger charge is -2.33. The van der Waals surface area contributed by atoms with Gasteiger partial charge >= 0.3 is 5.69 Å². The molecule has 2 rings (SSSR count). The van der Waals surface area contributed by atoms with Crippen molar-refractivity contribution in [2.45, 2.75) is 32.2 Å². The predicted octanol–water partition coefficient (Wildman–Crippen LogP) is 1.05. The number of hydrogen-bond acceptors (Lipinski definition) is 7. The van der Waals surface area contributed by atoms with Crippen molar-refractivity contribution in [3.63, 3.8) is 0 Å². The molecule has 8 nitrogen and oxygen atoms in total. The summed E-state index contributed by atoms with van der Waals surface area (Å²) < 4.78 is 0. The summed E-state index contributed by atoms with van der Waals surface area (Å²) in [6, 6.07) is 0.234. The molecule has 1 aliphatic heterocycles. The summed E-state index contributed by atoms with van der Waals surface area (Å²) in [4.78, 5) is 20.4. The third-order valence-electron chi connectivity index (χ3n) is 3.15. The van der Waals surface area contributed by atoms with Gasteiger partial charge in [-0.05, 0) is 26.2 Å². The molecule has 0 bridgehead atoms. The fourth-order valence-electron chi connectivity index (χ4n) is 2.19. The van der Waals surface area contributed by atoms with E-state index in [9.17, 15) is 10.1 Å². The first-order valence-electron chi connectivity index (χ1n) is 5.88. The minimum atomic E-state index is -0.461. The molecule has 1 saturated heterocycles. The van der Waals surface area contributed by atoms with Crippen LogP contribution in [0, 0.1) is 10.1 Å². The van der Waals surface area contributed by atoms with Crippen LogP contribution in [-0.2, 0) is 0 Å². The molecular formula is C10H16N6O2. The molecule has 0 radical (unpaired) electrons. The standard InChI is InChI=1S/C10H16N6O2/c1-7-4-2-3-5-15(7)9-8(16(17)18)6-12-10(13-9)14-11/h6-7H,2-5,11H2,1H3,(H,12,13,14). The maximum atomic E-state index is 11.0. The van der Waals surface area contributed by atoms with Crippen LogP contribution in [0.15, 0.2) is 6.20 Å². The summed E-state index contributed by atoms with van der Waals surface area (Å²) in [7, 11) is 0. The number of nitrogen functional groups attached to an aromatic ring is 1. The Morgan fingerprint density at radius 2 is 2.39 bits per heavy atom. The molecule has 1 aromatic rings. The molecule has 1 aliphatic rings. The Bertz CT molecular complexity index is 452. The number of aromatic nitrogens is 2. The second-order valence-electron chi connectivity index (χ2n) is 4.34. The molecule has 1 unspecified atom stereocenters. The molecule has 2 heterocycles. The van der Waals surface area contributed by atoms with Crippen LogP contribution >= 0.6 is 0 Å². The number of nitro groups is 1. The van der Waals surface area contributed by atoms with Gasteiger partial charge in [-0.2, -0.15) is 4.98 Å². The minimum Gasteiger partial charge on any atom is -0.348 e. The smallest absolute Gasteiger partial charge is 0.329 e. The number of nitrogens with one attached hydrogen (secondary N) is 1. The second-order valence-corrected chi connectivity index (χ2v) is 4.34. The first kappa shape index (κ1) is 12.5. The van der Waals surface area contributed by atoms with E-state index in [-0.39, 0.29) is 17.7 Å². The normalized spacial score (nSPS) is 19.7. The van der Waals surface area contributed by atoms with E-state index < -0.39 is 4.92 Å². The maximum absolute atomic E-state index is 11.0. The number of piperidine rings is 1. The minimum absolute atomic E-state index is 0.0808. The van der Waals surface area contributed by atoms with Gasteiger partial charge < -0.3 is 4.90 Å². The van der Waals surface area contributed by atoms with Gasteiger partial charge in [-0.25, -0.2) is 10.8 Å². The van der Waals surface area contributed by atoms with Gasteiger partial charge in [0.15, 0.2) is 0 Å². The largest absolute Gasteiger partial charge is 0.348 e. The topological polar surface area (TPSA) is 110 Å². The third kappa shape index (κ3) is 2.33. The van der Waals surface area contributed by atoms with Gasteiger partial charge in [0.05, 0.1) is 4.92 Å². The van der Waals surface area contributed by atoms with E-state index in [0.29, 0.717) is 5.82 Å². The quantitative estimate of drug-likeness (QED) is 0.470. The number of hydrazine groups is 1. The SMILES string of the molecule is CC1CCCCN1c1nc(NN)ncc1[N+](=O)[O-]. The highest BCUT2D eigenvalue weighted by molar-refractivity contribution is 5.59. The van der Waals surface area contributed by atoms with Crippen LogP contribution in [0.25, 0.3) is 0 Å². The van der Waals surface area contributed by atoms with E-state index in [1.165, 1.54) is 6.20 Å². The number of nitrogens with two attached hydrogens (primary N) is 1. The lowest BCUT2D eigenvalue weighted by molar-refractivity contribution is -0.384. The van der Waals surface area contributed by atoms with Gasteiger partial charge in [0, 0.05) is 12.6 Å². The highest BCUT2D eigenvalue weighted by Crippen LogP contribution is 2.30. The summed E-state index contributed by atoms with van der Waals surface area (Å²) >= 11 is 0. The molecule has 18 heavy (non-hydrogen) atoms. The average molecular weight is 252 g/mol. The van der Waals surface area contributed by atoms with Gasteiger partial charge in [-0.15, -0.1) is 0 Å². The second kappa shape index (κ2) is 5.13. The molecule has 1 atom stereocenters. The zero-order valence-electron chi connectivity index (χ0n) is 10.2. The summed E-state index contributed by atoms with van der Waals surface area (Å²) in [6.07, 6.45) is 4.35. The van der Waals surface area contributed by atoms with Gasteiger partial charge in [-0.1, -0.05) is 0 Å². The fraction of sp³-hybridized carbons (Fsp3) is 0.600. The maximum Gasteiger partial charge on any atom is 0.329 e. The zero-order valence-corrected chi connectivity index (χ0v) is 10.2. The molecule has 3 N–H and O–H groups in total. The molecule has 0 aromatic carbocycles. The van der Waals surface area contributed by atoms with E-state index in [2.05, 4.69) is 15.4 Å². The first-order chi connectivity index (χ1) is 8.63. The predicted molar refractivity (Wildman–Crippen MR) is 67.2 cm³/mol. The molecule has 1 fully saturated rings. The van der Waals surface area contributed by atoms with E-state index in [4.69, 9.17) is 5.84 Å². The molecule has 0 spiro atoms. The zero-order chi connectivity index (χ0) is 13.1. The van der Waals surface area contributed by atoms with Crippen LogP contribution in [0.4, 0.5) is 17.5 Å². The number of rotatable bonds is 3. The van der Waals surface area contributed by atoms with Gasteiger partial charge in [-0.3, -0.25) is 15.5 Å². The first-order valence-corrected chi connectivity index (χ1v) is 5.88. The molecule has 98 valence electrons. The summed E-state index contributed by atoms with van der Waals surface area (Å²) in [5.41, 5.74) is 2.24. The number of nitrogens with zero attached hydrogens (tertiary/aromatic N) is 4. The fourth-order valence-corrected chi connectivity index (χ4v) is 2.19. The molecule has 0 amide bonds. The number of hydrogen-bond donors (Lipinski definition) is 2. The molecular weight excluding hydrogens is 236 g/mol. The Kier molecular flexibility index (Phi) is 3.56. The van der Waals surface area contributed by atoms with Gasteiger partial charge in [0.2, 0.25) is 11.8 Å². The summed E-state index contributed by atoms with van der Waals surface area (Å²) in [6.45, 7) is 2.81. The summed E-state index contributed by atoms with van der Waals surface area (Å²) in [5, 5.41) is 11.0. The van der Waals surface area contributed by atoms with Gasteiger partial charge in [0.1, 0.15) is 6.20 Å². The molecule has 0 saturated carbocycles. The Morgan fingerprint density at radius 3 is 3.00 bits per heavy atom. The van der Waals surface area contributed by atoms with Crippen LogP contribution < -0.4 is 16.2 Å². The van der Waals surface area contributed by atoms with E-state index in [1.807, 2.05) is 11.8 Å². The van der Waals surface area contributed by atoms with E-state index >= 15 is 0 Å². The lowest BCUT2D eigenvalue weighted by atomic mass is 10.0. The van der Waals surface area contributed by atoms with E-state index in [1.54, 1.807) is 0 Å². The molecule has 1 aromatic heterocycles. The van der Waals surface area contributed by atoms with Crippen LogP contribution in [0.2, 0.25) is 0 Å². The van der Waals surface area contributed by atoms with Crippen molar-refractivity contribution in [1.82, 2.24) is 9.97 Å². The Balaban J connectivity index is 2.42. The van der Waals surface area contributed by atoms with Crippen LogP contribution in [0.1, 0.15) is 26.2 Å². The van der Waals surface area contributed by atoms with Crippen molar-refractivity contribution in [1.29, 1.82) is 0 Å². The summed E-state index contributed by atoms with van der Waals surface area (Å²) in [5.74, 6) is 5.78. The Morgan fingerprint density at radius 1 is 1.61 bits per heavy atom. The average Bonchev–Trinajstić information content (AvgIpc) is 2.38. The Labute approximate surface area is 104 Å². The highest BCUT2D eigenvalue weighted by Gasteiger charge is 2.27. The monoisotopic (exact) mass is 252 g/mol. The van der Waals surface area contributed by atoms with Crippen LogP contribution in [0.3, 0.4) is 0 Å². The highest BCUT2D eigenvalue weighted by atomic mass is 16.6. The van der Waals surface area contributed by atoms with E-state index in [0.717, 1.165) is 25.8 Å². The molecule has 8 heteroatoms. The Hall–Kier alpha value is -1.96. The van der Waals surface area contributed by atoms with Crippen LogP contribution in [-0.4, -0.2) is 27.5 Å². The van der Waals surface area contributed by atoms with Crippen molar-refractivity contribution in [3.05, 3.63) is 16.3 Å². The van der Waals surface area contributed by atoms with Crippen molar-refractivity contribution in [2.24, 2.45) is 5.84 Å². The third-order valence-corrected chi connectivity index (χ3v) is 3.15. The molecule has 0 aliphatic carbocycles. The van der Waals surface area contributed by atoms with Crippen molar-refractivity contribution in [2.75, 3.05) is 16.9 Å². The van der Waals surface area contributed by atoms with Crippen molar-refractivity contribution >= 4 is 17.5 Å². The lowest BCUT2D eigenvalue weighted by Crippen LogP contribution is -2.38. The van der Waals surface area contributed by atoms with Crippen molar-refractivity contribution in [3.8, 4) is 0 Å². The number of anilines is 2. The van der Waals surface area contributed by atoms with Crippen molar-refractivity contribution < 1.29 is 4.92 Å². The van der Waals surface area contributed by atoms with Gasteiger partial charge in [0.25, 0.3) is 0 Å². The van der Waals surface area contributed by atoms with Crippen LogP contribution in [0.5, 0.6) is 0 Å².